The summed E-state index contributed by atoms with van der Waals surface area (Å²) in [5.41, 5.74) is 3.51. The van der Waals surface area contributed by atoms with Crippen LogP contribution < -0.4 is 25.2 Å². The molecule has 5 aliphatic heterocycles. The highest BCUT2D eigenvalue weighted by molar-refractivity contribution is 6.31. The molecule has 0 radical (unpaired) electrons. The molecule has 6 heterocycles. The quantitative estimate of drug-likeness (QED) is 0.294. The maximum atomic E-state index is 13.3. The molecule has 6 aliphatic rings. The number of hydrogen-bond donors (Lipinski definition) is 2. The number of hydrogen-bond acceptors (Lipinski definition) is 11. The van der Waals surface area contributed by atoms with Crippen molar-refractivity contribution in [3.63, 3.8) is 0 Å². The third-order valence-electron chi connectivity index (χ3n) is 13.1. The topological polar surface area (TPSA) is 164 Å². The lowest BCUT2D eigenvalue weighted by Gasteiger charge is -2.44. The van der Waals surface area contributed by atoms with Gasteiger partial charge in [0.1, 0.15) is 17.9 Å². The van der Waals surface area contributed by atoms with Gasteiger partial charge >= 0.3 is 0 Å². The normalized spacial score (nSPS) is 26.3. The van der Waals surface area contributed by atoms with E-state index in [1.54, 1.807) is 29.2 Å². The van der Waals surface area contributed by atoms with Gasteiger partial charge in [0.25, 0.3) is 11.8 Å². The van der Waals surface area contributed by atoms with E-state index in [1.807, 2.05) is 12.1 Å². The van der Waals surface area contributed by atoms with E-state index in [4.69, 9.17) is 21.6 Å². The lowest BCUT2D eigenvalue weighted by Crippen LogP contribution is -2.55. The van der Waals surface area contributed by atoms with E-state index < -0.39 is 6.04 Å². The number of aromatic nitrogens is 2. The minimum atomic E-state index is -0.603. The Kier molecular flexibility index (Phi) is 10.7. The number of piperazine rings is 1. The van der Waals surface area contributed by atoms with Crippen LogP contribution in [0.2, 0.25) is 5.02 Å². The number of nitriles is 1. The Balaban J connectivity index is 0.716. The van der Waals surface area contributed by atoms with Crippen LogP contribution in [0.4, 0.5) is 11.5 Å². The standard InChI is InChI=1S/C43H48ClN9O5/c44-36-20-34(7-1-27(36)21-45)58-33-8-2-29(3-9-33)46-41(55)37-11-13-39(49-48-37)51-17-15-26(16-18-51)22-50-24-31-4-5-32(25-50)53(31)30-6-10-35-28(19-30)23-52(43(35)57)38-12-14-40(54)47-42(38)56/h1,6-7,10-11,13,19-20,26,29,31-33,38H,2-5,8-9,12,14-18,22-25H2,(H,46,55)(H,47,54,56). The molecule has 4 saturated heterocycles. The van der Waals surface area contributed by atoms with E-state index in [9.17, 15) is 19.2 Å². The van der Waals surface area contributed by atoms with Crippen LogP contribution in [0, 0.1) is 17.2 Å². The number of ether oxygens (including phenoxy) is 1. The molecule has 302 valence electrons. The zero-order valence-corrected chi connectivity index (χ0v) is 33.2. The summed E-state index contributed by atoms with van der Waals surface area (Å²) in [6.07, 6.45) is 8.29. The fourth-order valence-corrected chi connectivity index (χ4v) is 10.3. The van der Waals surface area contributed by atoms with Crippen LogP contribution in [0.5, 0.6) is 5.75 Å². The van der Waals surface area contributed by atoms with E-state index in [0.717, 1.165) is 101 Å². The van der Waals surface area contributed by atoms with Gasteiger partial charge in [-0.25, -0.2) is 0 Å². The Morgan fingerprint density at radius 1 is 0.914 bits per heavy atom. The molecule has 0 spiro atoms. The molecule has 2 aromatic carbocycles. The van der Waals surface area contributed by atoms with Gasteiger partial charge in [0.2, 0.25) is 11.8 Å². The molecule has 14 nitrogen and oxygen atoms in total. The third kappa shape index (κ3) is 7.82. The Morgan fingerprint density at radius 3 is 2.38 bits per heavy atom. The molecule has 3 unspecified atom stereocenters. The maximum absolute atomic E-state index is 13.3. The van der Waals surface area contributed by atoms with Gasteiger partial charge < -0.3 is 24.8 Å². The SMILES string of the molecule is N#Cc1ccc(OC2CCC(NC(=O)c3ccc(N4CCC(CN5CC6CCC(C5)N6c5ccc6c(c5)CN(C5CCC(=O)NC5=O)C6=O)CC4)nn3)CC2)cc1Cl. The predicted octanol–water partition coefficient (Wildman–Crippen LogP) is 4.45. The summed E-state index contributed by atoms with van der Waals surface area (Å²) in [5.74, 6) is 1.06. The van der Waals surface area contributed by atoms with Crippen molar-refractivity contribution in [2.45, 2.75) is 101 Å². The van der Waals surface area contributed by atoms with Crippen molar-refractivity contribution >= 4 is 46.7 Å². The van der Waals surface area contributed by atoms with Crippen molar-refractivity contribution in [2.75, 3.05) is 42.5 Å². The zero-order chi connectivity index (χ0) is 39.9. The second kappa shape index (κ2) is 16.2. The first-order valence-electron chi connectivity index (χ1n) is 20.7. The average Bonchev–Trinajstić information content (AvgIpc) is 3.70. The molecular formula is C43H48ClN9O5. The second-order valence-electron chi connectivity index (χ2n) is 16.8. The number of benzene rings is 2. The minimum Gasteiger partial charge on any atom is -0.490 e. The highest BCUT2D eigenvalue weighted by atomic mass is 35.5. The number of carbonyl (C=O) groups is 4. The van der Waals surface area contributed by atoms with E-state index in [-0.39, 0.29) is 42.2 Å². The van der Waals surface area contributed by atoms with Crippen LogP contribution in [-0.4, -0.2) is 107 Å². The lowest BCUT2D eigenvalue weighted by molar-refractivity contribution is -0.136. The summed E-state index contributed by atoms with van der Waals surface area (Å²) in [6.45, 7) is 5.33. The highest BCUT2D eigenvalue weighted by Crippen LogP contribution is 2.38. The fourth-order valence-electron chi connectivity index (χ4n) is 10.0. The second-order valence-corrected chi connectivity index (χ2v) is 17.2. The molecular weight excluding hydrogens is 758 g/mol. The number of amides is 4. The van der Waals surface area contributed by atoms with Gasteiger partial charge in [-0.2, -0.15) is 5.26 Å². The van der Waals surface area contributed by atoms with Gasteiger partial charge in [-0.05, 0) is 112 Å². The summed E-state index contributed by atoms with van der Waals surface area (Å²) >= 11 is 6.16. The Hall–Kier alpha value is -5.26. The number of fused-ring (bicyclic) bond motifs is 3. The number of nitrogens with zero attached hydrogens (tertiary/aromatic N) is 7. The zero-order valence-electron chi connectivity index (χ0n) is 32.4. The molecule has 2 bridgehead atoms. The fraction of sp³-hybridized carbons (Fsp3) is 0.512. The molecule has 1 aliphatic carbocycles. The van der Waals surface area contributed by atoms with Crippen molar-refractivity contribution in [1.82, 2.24) is 30.6 Å². The van der Waals surface area contributed by atoms with Crippen molar-refractivity contribution in [3.05, 3.63) is 75.9 Å². The first-order valence-corrected chi connectivity index (χ1v) is 21.1. The number of nitrogens with one attached hydrogen (secondary N) is 2. The van der Waals surface area contributed by atoms with Gasteiger partial charge in [-0.15, -0.1) is 10.2 Å². The number of rotatable bonds is 9. The van der Waals surface area contributed by atoms with Crippen LogP contribution in [0.1, 0.15) is 96.2 Å². The number of halogens is 1. The van der Waals surface area contributed by atoms with Gasteiger partial charge in [0, 0.05) is 81.1 Å². The van der Waals surface area contributed by atoms with Crippen molar-refractivity contribution in [1.29, 1.82) is 5.26 Å². The average molecular weight is 806 g/mol. The smallest absolute Gasteiger partial charge is 0.272 e. The van der Waals surface area contributed by atoms with Crippen LogP contribution in [0.15, 0.2) is 48.5 Å². The largest absolute Gasteiger partial charge is 0.490 e. The third-order valence-corrected chi connectivity index (χ3v) is 13.4. The van der Waals surface area contributed by atoms with E-state index >= 15 is 0 Å². The van der Waals surface area contributed by atoms with Gasteiger partial charge in [0.15, 0.2) is 11.5 Å². The van der Waals surface area contributed by atoms with Gasteiger partial charge in [-0.3, -0.25) is 29.4 Å². The first-order chi connectivity index (χ1) is 28.2. The van der Waals surface area contributed by atoms with Crippen LogP contribution >= 0.6 is 11.6 Å². The molecule has 5 fully saturated rings. The van der Waals surface area contributed by atoms with Crippen molar-refractivity contribution < 1.29 is 23.9 Å². The Bertz CT molecular complexity index is 2110. The Labute approximate surface area is 342 Å². The summed E-state index contributed by atoms with van der Waals surface area (Å²) in [6, 6.07) is 17.3. The molecule has 3 aromatic rings. The minimum absolute atomic E-state index is 0.0286. The number of anilines is 2. The van der Waals surface area contributed by atoms with Gasteiger partial charge in [-0.1, -0.05) is 11.6 Å². The Morgan fingerprint density at radius 2 is 1.69 bits per heavy atom. The number of imide groups is 1. The predicted molar refractivity (Wildman–Crippen MR) is 215 cm³/mol. The molecule has 58 heavy (non-hydrogen) atoms. The van der Waals surface area contributed by atoms with Crippen LogP contribution in [-0.2, 0) is 16.1 Å². The number of likely N-dealkylation sites (tertiary alicyclic amines) is 1. The number of piperidine rings is 2. The molecule has 1 saturated carbocycles. The first kappa shape index (κ1) is 38.3. The molecule has 2 N–H and O–H groups in total. The van der Waals surface area contributed by atoms with E-state index in [0.29, 0.717) is 58.6 Å². The van der Waals surface area contributed by atoms with Crippen LogP contribution in [0.25, 0.3) is 0 Å². The van der Waals surface area contributed by atoms with E-state index in [1.165, 1.54) is 0 Å². The molecule has 4 amide bonds. The van der Waals surface area contributed by atoms with Gasteiger partial charge in [0.05, 0.1) is 16.7 Å². The van der Waals surface area contributed by atoms with Crippen molar-refractivity contribution in [2.24, 2.45) is 5.92 Å². The molecule has 15 heteroatoms. The summed E-state index contributed by atoms with van der Waals surface area (Å²) in [4.78, 5) is 59.6. The molecule has 1 aromatic heterocycles. The maximum Gasteiger partial charge on any atom is 0.272 e. The van der Waals surface area contributed by atoms with Crippen LogP contribution in [0.3, 0.4) is 0 Å². The molecule has 3 atom stereocenters. The van der Waals surface area contributed by atoms with Crippen molar-refractivity contribution in [3.8, 4) is 11.8 Å². The summed E-state index contributed by atoms with van der Waals surface area (Å²) < 4.78 is 6.09. The monoisotopic (exact) mass is 805 g/mol. The van der Waals surface area contributed by atoms with E-state index in [2.05, 4.69) is 53.7 Å². The highest BCUT2D eigenvalue weighted by Gasteiger charge is 2.43. The number of carbonyl (C=O) groups excluding carboxylic acids is 4. The summed E-state index contributed by atoms with van der Waals surface area (Å²) in [5, 5.41) is 23.8. The summed E-state index contributed by atoms with van der Waals surface area (Å²) in [7, 11) is 0. The lowest BCUT2D eigenvalue weighted by atomic mass is 9.92. The molecule has 9 rings (SSSR count).